The number of H-pyrrole nitrogens is 1. The summed E-state index contributed by atoms with van der Waals surface area (Å²) in [6.45, 7) is 0.441. The molecule has 1 aromatic rings. The Morgan fingerprint density at radius 3 is 2.92 bits per heavy atom. The molecule has 0 spiro atoms. The summed E-state index contributed by atoms with van der Waals surface area (Å²) in [5, 5.41) is 2.90. The first-order valence-electron chi connectivity index (χ1n) is 4.48. The predicted molar refractivity (Wildman–Crippen MR) is 49.2 cm³/mol. The summed E-state index contributed by atoms with van der Waals surface area (Å²) in [6.07, 6.45) is 2.21. The summed E-state index contributed by atoms with van der Waals surface area (Å²) in [5.41, 5.74) is 6.91. The van der Waals surface area contributed by atoms with Gasteiger partial charge < -0.3 is 16.0 Å². The number of aromatic nitrogens is 1. The molecule has 0 aliphatic heterocycles. The summed E-state index contributed by atoms with van der Waals surface area (Å²) in [5.74, 6) is -0.0257. The number of carbonyl (C=O) groups excluding carboxylic acids is 1. The molecule has 0 radical (unpaired) electrons. The first-order valence-corrected chi connectivity index (χ1v) is 4.48. The van der Waals surface area contributed by atoms with Gasteiger partial charge >= 0.3 is 0 Å². The third-order valence-electron chi connectivity index (χ3n) is 2.12. The van der Waals surface area contributed by atoms with Gasteiger partial charge in [0.1, 0.15) is 5.69 Å². The zero-order valence-corrected chi connectivity index (χ0v) is 7.34. The van der Waals surface area contributed by atoms with E-state index >= 15 is 0 Å². The average Bonchev–Trinajstić information content (AvgIpc) is 2.82. The molecule has 4 N–H and O–H groups in total. The van der Waals surface area contributed by atoms with E-state index in [-0.39, 0.29) is 5.91 Å². The summed E-state index contributed by atoms with van der Waals surface area (Å²) < 4.78 is 0. The molecule has 1 aliphatic rings. The molecule has 13 heavy (non-hydrogen) atoms. The average molecular weight is 179 g/mol. The van der Waals surface area contributed by atoms with Gasteiger partial charge in [-0.1, -0.05) is 0 Å². The molecule has 2 rings (SSSR count). The number of amides is 1. The molecule has 0 unspecified atom stereocenters. The molecule has 1 aliphatic carbocycles. The maximum Gasteiger partial charge on any atom is 0.267 e. The van der Waals surface area contributed by atoms with E-state index in [0.29, 0.717) is 18.3 Å². The second-order valence-corrected chi connectivity index (χ2v) is 3.35. The minimum absolute atomic E-state index is 0.0257. The van der Waals surface area contributed by atoms with Crippen molar-refractivity contribution in [2.75, 3.05) is 0 Å². The maximum absolute atomic E-state index is 11.4. The molecule has 1 aromatic heterocycles. The van der Waals surface area contributed by atoms with Gasteiger partial charge in [-0.2, -0.15) is 0 Å². The zero-order valence-electron chi connectivity index (χ0n) is 7.34. The number of hydrogen-bond donors (Lipinski definition) is 3. The Morgan fingerprint density at radius 2 is 2.38 bits per heavy atom. The molecule has 4 nitrogen and oxygen atoms in total. The molecule has 0 aromatic carbocycles. The van der Waals surface area contributed by atoms with Crippen LogP contribution in [0, 0.1) is 0 Å². The van der Waals surface area contributed by atoms with Crippen molar-refractivity contribution in [2.45, 2.75) is 25.4 Å². The molecule has 70 valence electrons. The minimum Gasteiger partial charge on any atom is -0.353 e. The van der Waals surface area contributed by atoms with Crippen molar-refractivity contribution in [3.8, 4) is 0 Å². The van der Waals surface area contributed by atoms with Crippen LogP contribution in [0.25, 0.3) is 0 Å². The van der Waals surface area contributed by atoms with Gasteiger partial charge in [-0.25, -0.2) is 0 Å². The second-order valence-electron chi connectivity index (χ2n) is 3.35. The number of aromatic amines is 1. The minimum atomic E-state index is -0.0257. The monoisotopic (exact) mass is 179 g/mol. The van der Waals surface area contributed by atoms with Crippen LogP contribution in [0.15, 0.2) is 12.1 Å². The van der Waals surface area contributed by atoms with Crippen LogP contribution in [-0.2, 0) is 6.54 Å². The summed E-state index contributed by atoms with van der Waals surface area (Å²) in [4.78, 5) is 14.4. The predicted octanol–water partition coefficient (Wildman–Crippen LogP) is 0.366. The molecule has 1 saturated carbocycles. The molecule has 4 heteroatoms. The Morgan fingerprint density at radius 1 is 1.62 bits per heavy atom. The smallest absolute Gasteiger partial charge is 0.267 e. The van der Waals surface area contributed by atoms with Gasteiger partial charge in [-0.3, -0.25) is 4.79 Å². The molecular formula is C9H13N3O. The number of carbonyl (C=O) groups is 1. The van der Waals surface area contributed by atoms with E-state index in [2.05, 4.69) is 10.3 Å². The highest BCUT2D eigenvalue weighted by atomic mass is 16.2. The largest absolute Gasteiger partial charge is 0.353 e. The Bertz CT molecular complexity index is 314. The van der Waals surface area contributed by atoms with Gasteiger partial charge in [0, 0.05) is 18.3 Å². The summed E-state index contributed by atoms with van der Waals surface area (Å²) in [7, 11) is 0. The lowest BCUT2D eigenvalue weighted by molar-refractivity contribution is 0.0946. The van der Waals surface area contributed by atoms with Crippen LogP contribution in [-0.4, -0.2) is 16.9 Å². The fraction of sp³-hybridized carbons (Fsp3) is 0.444. The van der Waals surface area contributed by atoms with Crippen molar-refractivity contribution in [1.29, 1.82) is 0 Å². The second kappa shape index (κ2) is 3.22. The van der Waals surface area contributed by atoms with Crippen molar-refractivity contribution in [3.05, 3.63) is 23.5 Å². The van der Waals surface area contributed by atoms with Crippen molar-refractivity contribution < 1.29 is 4.79 Å². The summed E-state index contributed by atoms with van der Waals surface area (Å²) >= 11 is 0. The third-order valence-corrected chi connectivity index (χ3v) is 2.12. The van der Waals surface area contributed by atoms with E-state index in [4.69, 9.17) is 5.73 Å². The normalized spacial score (nSPS) is 15.8. The number of rotatable bonds is 3. The van der Waals surface area contributed by atoms with Crippen LogP contribution in [0.5, 0.6) is 0 Å². The Balaban J connectivity index is 2.01. The van der Waals surface area contributed by atoms with Crippen LogP contribution < -0.4 is 11.1 Å². The van der Waals surface area contributed by atoms with Crippen molar-refractivity contribution in [3.63, 3.8) is 0 Å². The van der Waals surface area contributed by atoms with Gasteiger partial charge in [-0.05, 0) is 25.0 Å². The van der Waals surface area contributed by atoms with Crippen molar-refractivity contribution in [1.82, 2.24) is 10.3 Å². The van der Waals surface area contributed by atoms with E-state index < -0.39 is 0 Å². The fourth-order valence-corrected chi connectivity index (χ4v) is 1.18. The summed E-state index contributed by atoms with van der Waals surface area (Å²) in [6, 6.07) is 4.00. The van der Waals surface area contributed by atoms with Crippen LogP contribution in [0.3, 0.4) is 0 Å². The molecule has 1 heterocycles. The van der Waals surface area contributed by atoms with Gasteiger partial charge in [0.15, 0.2) is 0 Å². The lowest BCUT2D eigenvalue weighted by atomic mass is 10.4. The third kappa shape index (κ3) is 1.89. The Hall–Kier alpha value is -1.29. The van der Waals surface area contributed by atoms with E-state index in [1.54, 1.807) is 6.07 Å². The van der Waals surface area contributed by atoms with E-state index in [1.807, 2.05) is 6.07 Å². The molecule has 0 bridgehead atoms. The van der Waals surface area contributed by atoms with Gasteiger partial charge in [0.05, 0.1) is 0 Å². The van der Waals surface area contributed by atoms with Gasteiger partial charge in [-0.15, -0.1) is 0 Å². The van der Waals surface area contributed by atoms with Crippen molar-refractivity contribution >= 4 is 5.91 Å². The fourth-order valence-electron chi connectivity index (χ4n) is 1.18. The zero-order chi connectivity index (χ0) is 9.26. The molecule has 1 amide bonds. The highest BCUT2D eigenvalue weighted by Crippen LogP contribution is 2.19. The number of nitrogens with two attached hydrogens (primary N) is 1. The molecule has 0 atom stereocenters. The topological polar surface area (TPSA) is 70.9 Å². The number of nitrogens with one attached hydrogen (secondary N) is 2. The standard InChI is InChI=1S/C9H13N3O/c10-5-7-3-4-8(11-7)9(13)12-6-1-2-6/h3-4,6,11H,1-2,5,10H2,(H,12,13). The van der Waals surface area contributed by atoms with E-state index in [0.717, 1.165) is 18.5 Å². The lowest BCUT2D eigenvalue weighted by Gasteiger charge is -1.99. The molecule has 0 saturated heterocycles. The van der Waals surface area contributed by atoms with Crippen LogP contribution in [0.4, 0.5) is 0 Å². The van der Waals surface area contributed by atoms with E-state index in [9.17, 15) is 4.79 Å². The highest BCUT2D eigenvalue weighted by Gasteiger charge is 2.24. The van der Waals surface area contributed by atoms with Crippen LogP contribution in [0.2, 0.25) is 0 Å². The van der Waals surface area contributed by atoms with Gasteiger partial charge in [0.25, 0.3) is 5.91 Å². The lowest BCUT2D eigenvalue weighted by Crippen LogP contribution is -2.25. The van der Waals surface area contributed by atoms with Crippen LogP contribution >= 0.6 is 0 Å². The number of hydrogen-bond acceptors (Lipinski definition) is 2. The highest BCUT2D eigenvalue weighted by molar-refractivity contribution is 5.92. The SMILES string of the molecule is NCc1ccc(C(=O)NC2CC2)[nH]1. The van der Waals surface area contributed by atoms with Crippen molar-refractivity contribution in [2.24, 2.45) is 5.73 Å². The quantitative estimate of drug-likeness (QED) is 0.627. The van der Waals surface area contributed by atoms with Gasteiger partial charge in [0.2, 0.25) is 0 Å². The first-order chi connectivity index (χ1) is 6.29. The first kappa shape index (κ1) is 8.31. The maximum atomic E-state index is 11.4. The van der Waals surface area contributed by atoms with E-state index in [1.165, 1.54) is 0 Å². The van der Waals surface area contributed by atoms with Crippen LogP contribution in [0.1, 0.15) is 29.0 Å². The Kier molecular flexibility index (Phi) is 2.06. The molecule has 1 fully saturated rings. The Labute approximate surface area is 76.5 Å². The molecular weight excluding hydrogens is 166 g/mol.